The van der Waals surface area contributed by atoms with Crippen molar-refractivity contribution in [2.24, 2.45) is 5.92 Å². The number of nitrogens with zero attached hydrogens (tertiary/aromatic N) is 3. The Morgan fingerprint density at radius 2 is 1.94 bits per heavy atom. The zero-order chi connectivity index (χ0) is 22.2. The van der Waals surface area contributed by atoms with Crippen LogP contribution in [0.4, 0.5) is 4.79 Å². The number of hydrogen-bond acceptors (Lipinski definition) is 4. The van der Waals surface area contributed by atoms with E-state index in [0.29, 0.717) is 19.0 Å². The molecule has 1 saturated heterocycles. The summed E-state index contributed by atoms with van der Waals surface area (Å²) in [5.74, 6) is 0.809. The minimum Gasteiger partial charge on any atom is -0.444 e. The van der Waals surface area contributed by atoms with Gasteiger partial charge in [-0.25, -0.2) is 4.79 Å². The molecule has 1 unspecified atom stereocenters. The predicted octanol–water partition coefficient (Wildman–Crippen LogP) is 4.83. The highest BCUT2D eigenvalue weighted by Gasteiger charge is 2.31. The summed E-state index contributed by atoms with van der Waals surface area (Å²) in [6.07, 6.45) is 3.94. The number of aromatic nitrogens is 1. The molecular formula is C25H33N3O3. The topological polar surface area (TPSA) is 62.7 Å². The third-order valence-electron chi connectivity index (χ3n) is 6.01. The molecule has 6 nitrogen and oxygen atoms in total. The van der Waals surface area contributed by atoms with Gasteiger partial charge in [-0.2, -0.15) is 0 Å². The zero-order valence-electron chi connectivity index (χ0n) is 19.1. The van der Waals surface area contributed by atoms with Crippen LogP contribution in [-0.4, -0.2) is 59.1 Å². The van der Waals surface area contributed by atoms with Crippen molar-refractivity contribution in [3.8, 4) is 0 Å². The summed E-state index contributed by atoms with van der Waals surface area (Å²) >= 11 is 0. The molecule has 166 valence electrons. The summed E-state index contributed by atoms with van der Waals surface area (Å²) in [4.78, 5) is 34.3. The lowest BCUT2D eigenvalue weighted by Crippen LogP contribution is -2.45. The lowest BCUT2D eigenvalue weighted by atomic mass is 9.96. The average molecular weight is 424 g/mol. The predicted molar refractivity (Wildman–Crippen MR) is 121 cm³/mol. The number of benzene rings is 1. The van der Waals surface area contributed by atoms with Gasteiger partial charge in [-0.15, -0.1) is 0 Å². The van der Waals surface area contributed by atoms with Gasteiger partial charge in [0.25, 0.3) is 5.91 Å². The van der Waals surface area contributed by atoms with Crippen molar-refractivity contribution in [2.75, 3.05) is 26.7 Å². The number of para-hydroxylation sites is 1. The van der Waals surface area contributed by atoms with Crippen LogP contribution in [0, 0.1) is 5.92 Å². The fourth-order valence-corrected chi connectivity index (χ4v) is 4.33. The van der Waals surface area contributed by atoms with Crippen LogP contribution in [0.3, 0.4) is 0 Å². The molecule has 2 heterocycles. The van der Waals surface area contributed by atoms with E-state index in [9.17, 15) is 9.59 Å². The van der Waals surface area contributed by atoms with E-state index in [1.807, 2.05) is 56.0 Å². The quantitative estimate of drug-likeness (QED) is 0.706. The maximum Gasteiger partial charge on any atom is 0.410 e. The Morgan fingerprint density at radius 3 is 2.65 bits per heavy atom. The van der Waals surface area contributed by atoms with Gasteiger partial charge in [0.1, 0.15) is 5.60 Å². The van der Waals surface area contributed by atoms with Crippen molar-refractivity contribution in [1.29, 1.82) is 0 Å². The smallest absolute Gasteiger partial charge is 0.410 e. The van der Waals surface area contributed by atoms with Crippen molar-refractivity contribution in [1.82, 2.24) is 14.8 Å². The third kappa shape index (κ3) is 5.17. The van der Waals surface area contributed by atoms with Crippen LogP contribution < -0.4 is 0 Å². The number of pyridine rings is 1. The molecule has 2 aliphatic rings. The summed E-state index contributed by atoms with van der Waals surface area (Å²) in [6.45, 7) is 7.60. The number of carbonyl (C=O) groups is 2. The molecule has 0 radical (unpaired) electrons. The first-order valence-corrected chi connectivity index (χ1v) is 11.3. The fraction of sp³-hybridized carbons (Fsp3) is 0.560. The second kappa shape index (κ2) is 8.48. The molecule has 1 aromatic heterocycles. The van der Waals surface area contributed by atoms with Gasteiger partial charge in [-0.1, -0.05) is 18.2 Å². The van der Waals surface area contributed by atoms with E-state index in [-0.39, 0.29) is 17.9 Å². The molecule has 0 bridgehead atoms. The van der Waals surface area contributed by atoms with Crippen LogP contribution >= 0.6 is 0 Å². The van der Waals surface area contributed by atoms with Gasteiger partial charge in [0, 0.05) is 43.7 Å². The normalized spacial score (nSPS) is 19.4. The van der Waals surface area contributed by atoms with Crippen molar-refractivity contribution in [2.45, 2.75) is 58.0 Å². The van der Waals surface area contributed by atoms with E-state index in [1.165, 1.54) is 0 Å². The lowest BCUT2D eigenvalue weighted by molar-refractivity contribution is 0.0244. The van der Waals surface area contributed by atoms with E-state index in [0.717, 1.165) is 54.4 Å². The van der Waals surface area contributed by atoms with E-state index in [1.54, 1.807) is 11.9 Å². The van der Waals surface area contributed by atoms with Gasteiger partial charge in [-0.3, -0.25) is 9.78 Å². The van der Waals surface area contributed by atoms with Crippen molar-refractivity contribution >= 4 is 22.9 Å². The van der Waals surface area contributed by atoms with Crippen LogP contribution in [-0.2, 0) is 4.74 Å². The Labute approximate surface area is 184 Å². The largest absolute Gasteiger partial charge is 0.444 e. The van der Waals surface area contributed by atoms with Crippen LogP contribution in [0.15, 0.2) is 30.3 Å². The van der Waals surface area contributed by atoms with Gasteiger partial charge in [0.2, 0.25) is 0 Å². The molecule has 2 fully saturated rings. The molecule has 1 aliphatic heterocycles. The second-order valence-corrected chi connectivity index (χ2v) is 10.0. The van der Waals surface area contributed by atoms with Gasteiger partial charge < -0.3 is 14.5 Å². The fourth-order valence-electron chi connectivity index (χ4n) is 4.33. The maximum atomic E-state index is 13.6. The molecule has 0 spiro atoms. The van der Waals surface area contributed by atoms with Crippen LogP contribution in [0.5, 0.6) is 0 Å². The van der Waals surface area contributed by atoms with Crippen molar-refractivity contribution in [3.05, 3.63) is 41.6 Å². The van der Waals surface area contributed by atoms with E-state index >= 15 is 0 Å². The molecule has 1 aromatic carbocycles. The van der Waals surface area contributed by atoms with E-state index in [4.69, 9.17) is 9.72 Å². The number of rotatable bonds is 4. The molecule has 1 atom stereocenters. The highest BCUT2D eigenvalue weighted by molar-refractivity contribution is 6.06. The molecule has 1 saturated carbocycles. The minimum absolute atomic E-state index is 0.0742. The molecule has 6 heteroatoms. The number of likely N-dealkylation sites (tertiary alicyclic amines) is 1. The van der Waals surface area contributed by atoms with Crippen LogP contribution in [0.25, 0.3) is 10.9 Å². The van der Waals surface area contributed by atoms with E-state index in [2.05, 4.69) is 0 Å². The molecule has 1 aliphatic carbocycles. The molecule has 2 amide bonds. The summed E-state index contributed by atoms with van der Waals surface area (Å²) in [6, 6.07) is 9.94. The Morgan fingerprint density at radius 1 is 1.19 bits per heavy atom. The van der Waals surface area contributed by atoms with Crippen molar-refractivity contribution < 1.29 is 14.3 Å². The monoisotopic (exact) mass is 423 g/mol. The Bertz CT molecular complexity index is 978. The SMILES string of the molecule is CN(CC1CCCN(C(=O)c2cc(C3CC3)nc3ccccc23)C1)C(=O)OC(C)(C)C. The first kappa shape index (κ1) is 21.6. The van der Waals surface area contributed by atoms with Crippen LogP contribution in [0.2, 0.25) is 0 Å². The number of amides is 2. The first-order chi connectivity index (χ1) is 14.7. The highest BCUT2D eigenvalue weighted by Crippen LogP contribution is 2.40. The Hall–Kier alpha value is -2.63. The summed E-state index contributed by atoms with van der Waals surface area (Å²) in [7, 11) is 1.77. The molecule has 0 N–H and O–H groups in total. The van der Waals surface area contributed by atoms with Gasteiger partial charge in [-0.05, 0) is 64.5 Å². The number of fused-ring (bicyclic) bond motifs is 1. The lowest BCUT2D eigenvalue weighted by Gasteiger charge is -2.35. The van der Waals surface area contributed by atoms with Gasteiger partial charge in [0.15, 0.2) is 0 Å². The summed E-state index contributed by atoms with van der Waals surface area (Å²) < 4.78 is 5.47. The molecule has 4 rings (SSSR count). The average Bonchev–Trinajstić information content (AvgIpc) is 3.57. The van der Waals surface area contributed by atoms with E-state index < -0.39 is 5.60 Å². The number of hydrogen-bond donors (Lipinski definition) is 0. The second-order valence-electron chi connectivity index (χ2n) is 10.0. The third-order valence-corrected chi connectivity index (χ3v) is 6.01. The number of piperidine rings is 1. The summed E-state index contributed by atoms with van der Waals surface area (Å²) in [5.41, 5.74) is 2.18. The van der Waals surface area contributed by atoms with Crippen LogP contribution in [0.1, 0.15) is 68.4 Å². The highest BCUT2D eigenvalue weighted by atomic mass is 16.6. The first-order valence-electron chi connectivity index (χ1n) is 11.3. The number of carbonyl (C=O) groups excluding carboxylic acids is 2. The minimum atomic E-state index is -0.512. The summed E-state index contributed by atoms with van der Waals surface area (Å²) in [5, 5.41) is 0.921. The zero-order valence-corrected chi connectivity index (χ0v) is 19.1. The maximum absolute atomic E-state index is 13.6. The van der Waals surface area contributed by atoms with Gasteiger partial charge >= 0.3 is 6.09 Å². The number of ether oxygens (including phenoxy) is 1. The Kier molecular flexibility index (Phi) is 5.91. The molecular weight excluding hydrogens is 390 g/mol. The standard InChI is InChI=1S/C25H33N3O3/c1-25(2,3)31-24(30)27(4)15-17-8-7-13-28(16-17)23(29)20-14-22(18-11-12-18)26-21-10-6-5-9-19(20)21/h5-6,9-10,14,17-18H,7-8,11-13,15-16H2,1-4H3. The molecule has 31 heavy (non-hydrogen) atoms. The van der Waals surface area contributed by atoms with Gasteiger partial charge in [0.05, 0.1) is 11.1 Å². The molecule has 2 aromatic rings. The Balaban J connectivity index is 1.49. The van der Waals surface area contributed by atoms with Crippen molar-refractivity contribution in [3.63, 3.8) is 0 Å².